The summed E-state index contributed by atoms with van der Waals surface area (Å²) in [5.41, 5.74) is 5.16. The lowest BCUT2D eigenvalue weighted by atomic mass is 10.3. The Bertz CT molecular complexity index is 134. The van der Waals surface area contributed by atoms with Crippen molar-refractivity contribution in [1.82, 2.24) is 0 Å². The fraction of sp³-hybridized carbons (Fsp3) is 0.857. The van der Waals surface area contributed by atoms with Gasteiger partial charge in [-0.2, -0.15) is 0 Å². The molecular weight excluding hydrogens is 144 g/mol. The van der Waals surface area contributed by atoms with Crippen LogP contribution in [0, 0.1) is 5.41 Å². The van der Waals surface area contributed by atoms with Gasteiger partial charge in [0.05, 0.1) is 19.0 Å². The van der Waals surface area contributed by atoms with Crippen molar-refractivity contribution in [3.63, 3.8) is 0 Å². The van der Waals surface area contributed by atoms with Crippen LogP contribution in [0.5, 0.6) is 0 Å². The van der Waals surface area contributed by atoms with E-state index in [0.717, 1.165) is 19.6 Å². The second-order valence-corrected chi connectivity index (χ2v) is 2.66. The van der Waals surface area contributed by atoms with Crippen molar-refractivity contribution in [3.05, 3.63) is 0 Å². The molecular formula is C7H14N2O2. The fourth-order valence-electron chi connectivity index (χ4n) is 0.823. The van der Waals surface area contributed by atoms with Crippen LogP contribution in [0.2, 0.25) is 0 Å². The van der Waals surface area contributed by atoms with Crippen LogP contribution in [0.15, 0.2) is 0 Å². The van der Waals surface area contributed by atoms with Crippen LogP contribution in [-0.4, -0.2) is 31.8 Å². The van der Waals surface area contributed by atoms with Gasteiger partial charge >= 0.3 is 0 Å². The van der Waals surface area contributed by atoms with Gasteiger partial charge in [-0.1, -0.05) is 0 Å². The summed E-state index contributed by atoms with van der Waals surface area (Å²) in [6, 6.07) is 0. The Hall–Kier alpha value is -0.610. The molecule has 0 radical (unpaired) electrons. The van der Waals surface area contributed by atoms with Crippen molar-refractivity contribution >= 4 is 5.84 Å². The van der Waals surface area contributed by atoms with Gasteiger partial charge in [-0.3, -0.25) is 5.41 Å². The zero-order chi connectivity index (χ0) is 8.10. The Morgan fingerprint density at radius 3 is 2.82 bits per heavy atom. The molecule has 1 aliphatic heterocycles. The summed E-state index contributed by atoms with van der Waals surface area (Å²) in [5, 5.41) is 6.94. The third-order valence-corrected chi connectivity index (χ3v) is 1.55. The molecule has 0 aromatic rings. The number of rotatable bonds is 5. The second-order valence-electron chi connectivity index (χ2n) is 2.66. The molecule has 1 heterocycles. The summed E-state index contributed by atoms with van der Waals surface area (Å²) >= 11 is 0. The SMILES string of the molecule is N=C(N)CCCOC1COC1. The summed E-state index contributed by atoms with van der Waals surface area (Å²) in [4.78, 5) is 0. The predicted octanol–water partition coefficient (Wildman–Crippen LogP) is 0.118. The van der Waals surface area contributed by atoms with Gasteiger partial charge < -0.3 is 15.2 Å². The van der Waals surface area contributed by atoms with Crippen LogP contribution in [0.1, 0.15) is 12.8 Å². The van der Waals surface area contributed by atoms with Crippen LogP contribution >= 0.6 is 0 Å². The highest BCUT2D eigenvalue weighted by molar-refractivity contribution is 5.76. The number of hydrogen-bond donors (Lipinski definition) is 2. The maximum Gasteiger partial charge on any atom is 0.104 e. The normalized spacial score (nSPS) is 17.8. The third-order valence-electron chi connectivity index (χ3n) is 1.55. The average molecular weight is 158 g/mol. The van der Waals surface area contributed by atoms with E-state index in [1.807, 2.05) is 0 Å². The monoisotopic (exact) mass is 158 g/mol. The Morgan fingerprint density at radius 1 is 1.64 bits per heavy atom. The molecule has 0 unspecified atom stereocenters. The molecule has 64 valence electrons. The standard InChI is InChI=1S/C7H14N2O2/c8-7(9)2-1-3-11-6-4-10-5-6/h6H,1-5H2,(H3,8,9). The molecule has 3 N–H and O–H groups in total. The highest BCUT2D eigenvalue weighted by atomic mass is 16.6. The zero-order valence-electron chi connectivity index (χ0n) is 6.51. The Labute approximate surface area is 66.2 Å². The van der Waals surface area contributed by atoms with E-state index in [2.05, 4.69) is 0 Å². The maximum atomic E-state index is 6.94. The van der Waals surface area contributed by atoms with Gasteiger partial charge in [0, 0.05) is 13.0 Å². The van der Waals surface area contributed by atoms with Gasteiger partial charge in [0.25, 0.3) is 0 Å². The third kappa shape index (κ3) is 3.34. The van der Waals surface area contributed by atoms with Gasteiger partial charge in [0.2, 0.25) is 0 Å². The lowest BCUT2D eigenvalue weighted by molar-refractivity contribution is -0.129. The van der Waals surface area contributed by atoms with E-state index in [0.29, 0.717) is 19.1 Å². The van der Waals surface area contributed by atoms with Crippen LogP contribution in [-0.2, 0) is 9.47 Å². The minimum Gasteiger partial charge on any atom is -0.388 e. The molecule has 1 fully saturated rings. The molecule has 0 saturated carbocycles. The minimum atomic E-state index is 0.235. The van der Waals surface area contributed by atoms with Crippen molar-refractivity contribution in [2.45, 2.75) is 18.9 Å². The van der Waals surface area contributed by atoms with Crippen LogP contribution in [0.4, 0.5) is 0 Å². The molecule has 0 amide bonds. The largest absolute Gasteiger partial charge is 0.388 e. The first-order chi connectivity index (χ1) is 5.29. The first-order valence-corrected chi connectivity index (χ1v) is 3.81. The fourth-order valence-corrected chi connectivity index (χ4v) is 0.823. The number of hydrogen-bond acceptors (Lipinski definition) is 3. The summed E-state index contributed by atoms with van der Waals surface area (Å²) in [5.74, 6) is 0.235. The van der Waals surface area contributed by atoms with E-state index < -0.39 is 0 Å². The second kappa shape index (κ2) is 4.31. The van der Waals surface area contributed by atoms with E-state index in [1.54, 1.807) is 0 Å². The van der Waals surface area contributed by atoms with E-state index in [1.165, 1.54) is 0 Å². The molecule has 1 rings (SSSR count). The quantitative estimate of drug-likeness (QED) is 0.339. The van der Waals surface area contributed by atoms with Crippen molar-refractivity contribution in [1.29, 1.82) is 5.41 Å². The van der Waals surface area contributed by atoms with E-state index >= 15 is 0 Å². The van der Waals surface area contributed by atoms with Gasteiger partial charge in [-0.15, -0.1) is 0 Å². The number of nitrogens with one attached hydrogen (secondary N) is 1. The van der Waals surface area contributed by atoms with E-state index in [-0.39, 0.29) is 5.84 Å². The van der Waals surface area contributed by atoms with Gasteiger partial charge in [0.15, 0.2) is 0 Å². The lowest BCUT2D eigenvalue weighted by Crippen LogP contribution is -2.36. The van der Waals surface area contributed by atoms with Crippen LogP contribution in [0.25, 0.3) is 0 Å². The topological polar surface area (TPSA) is 68.3 Å². The minimum absolute atomic E-state index is 0.235. The Balaban J connectivity index is 1.83. The van der Waals surface area contributed by atoms with Crippen molar-refractivity contribution in [2.75, 3.05) is 19.8 Å². The van der Waals surface area contributed by atoms with Crippen molar-refractivity contribution in [3.8, 4) is 0 Å². The average Bonchev–Trinajstić information content (AvgIpc) is 1.82. The summed E-state index contributed by atoms with van der Waals surface area (Å²) in [7, 11) is 0. The molecule has 0 aliphatic carbocycles. The summed E-state index contributed by atoms with van der Waals surface area (Å²) in [6.07, 6.45) is 1.77. The molecule has 1 saturated heterocycles. The zero-order valence-corrected chi connectivity index (χ0v) is 6.51. The number of amidine groups is 1. The van der Waals surface area contributed by atoms with Crippen molar-refractivity contribution < 1.29 is 9.47 Å². The lowest BCUT2D eigenvalue weighted by Gasteiger charge is -2.25. The molecule has 0 atom stereocenters. The van der Waals surface area contributed by atoms with Crippen molar-refractivity contribution in [2.24, 2.45) is 5.73 Å². The van der Waals surface area contributed by atoms with E-state index in [4.69, 9.17) is 20.6 Å². The van der Waals surface area contributed by atoms with Crippen LogP contribution in [0.3, 0.4) is 0 Å². The molecule has 1 aliphatic rings. The summed E-state index contributed by atoms with van der Waals surface area (Å²) < 4.78 is 10.3. The molecule has 0 spiro atoms. The first kappa shape index (κ1) is 8.49. The predicted molar refractivity (Wildman–Crippen MR) is 41.7 cm³/mol. The van der Waals surface area contributed by atoms with E-state index in [9.17, 15) is 0 Å². The maximum absolute atomic E-state index is 6.94. The molecule has 4 heteroatoms. The van der Waals surface area contributed by atoms with Gasteiger partial charge in [-0.05, 0) is 6.42 Å². The summed E-state index contributed by atoms with van der Waals surface area (Å²) in [6.45, 7) is 2.13. The molecule has 4 nitrogen and oxygen atoms in total. The Kier molecular flexibility index (Phi) is 3.32. The van der Waals surface area contributed by atoms with Gasteiger partial charge in [0.1, 0.15) is 6.10 Å². The number of nitrogens with two attached hydrogens (primary N) is 1. The molecule has 0 bridgehead atoms. The van der Waals surface area contributed by atoms with Gasteiger partial charge in [-0.25, -0.2) is 0 Å². The van der Waals surface area contributed by atoms with Crippen LogP contribution < -0.4 is 5.73 Å². The number of ether oxygens (including phenoxy) is 2. The molecule has 11 heavy (non-hydrogen) atoms. The highest BCUT2D eigenvalue weighted by Crippen LogP contribution is 2.05. The molecule has 0 aromatic heterocycles. The smallest absolute Gasteiger partial charge is 0.104 e. The molecule has 0 aromatic carbocycles. The first-order valence-electron chi connectivity index (χ1n) is 3.81. The Morgan fingerprint density at radius 2 is 2.36 bits per heavy atom. The highest BCUT2D eigenvalue weighted by Gasteiger charge is 2.17.